The van der Waals surface area contributed by atoms with Gasteiger partial charge in [-0.05, 0) is 11.5 Å². The number of hydrogen-bond acceptors (Lipinski definition) is 2. The summed E-state index contributed by atoms with van der Waals surface area (Å²) in [4.78, 5) is 25.0. The van der Waals surface area contributed by atoms with Gasteiger partial charge in [-0.2, -0.15) is 0 Å². The SMILES string of the molecule is CNC(=O)CN(C)C(=O)C[NH2+][C@H](c1ccc(C(C)C)cc1)C(C)C. The summed E-state index contributed by atoms with van der Waals surface area (Å²) in [7, 11) is 3.23. The van der Waals surface area contributed by atoms with E-state index < -0.39 is 0 Å². The molecule has 0 saturated carbocycles. The zero-order chi connectivity index (χ0) is 18.3. The van der Waals surface area contributed by atoms with Crippen molar-refractivity contribution in [1.82, 2.24) is 10.2 Å². The first-order valence-electron chi connectivity index (χ1n) is 8.64. The molecule has 0 saturated heterocycles. The summed E-state index contributed by atoms with van der Waals surface area (Å²) < 4.78 is 0. The van der Waals surface area contributed by atoms with Crippen molar-refractivity contribution in [3.05, 3.63) is 35.4 Å². The largest absolute Gasteiger partial charge is 0.358 e. The minimum absolute atomic E-state index is 0.0388. The van der Waals surface area contributed by atoms with Crippen molar-refractivity contribution in [3.63, 3.8) is 0 Å². The Morgan fingerprint density at radius 1 is 1.08 bits per heavy atom. The highest BCUT2D eigenvalue weighted by atomic mass is 16.2. The number of nitrogens with two attached hydrogens (primary N) is 1. The molecule has 0 fully saturated rings. The van der Waals surface area contributed by atoms with E-state index in [1.165, 1.54) is 16.0 Å². The lowest BCUT2D eigenvalue weighted by Gasteiger charge is -2.22. The number of benzene rings is 1. The summed E-state index contributed by atoms with van der Waals surface area (Å²) in [6.07, 6.45) is 0. The van der Waals surface area contributed by atoms with Gasteiger partial charge in [-0.3, -0.25) is 9.59 Å². The zero-order valence-corrected chi connectivity index (χ0v) is 15.8. The number of quaternary nitrogens is 1. The Balaban J connectivity index is 2.69. The molecular formula is C19H32N3O2+. The molecule has 0 heterocycles. The minimum Gasteiger partial charge on any atom is -0.358 e. The molecule has 1 aromatic carbocycles. The Kier molecular flexibility index (Phi) is 7.92. The van der Waals surface area contributed by atoms with E-state index in [1.807, 2.05) is 0 Å². The van der Waals surface area contributed by atoms with Gasteiger partial charge in [0.1, 0.15) is 6.04 Å². The second kappa shape index (κ2) is 9.42. The smallest absolute Gasteiger partial charge is 0.277 e. The number of likely N-dealkylation sites (N-methyl/N-ethyl adjacent to an activating group) is 2. The van der Waals surface area contributed by atoms with Gasteiger partial charge in [-0.1, -0.05) is 52.0 Å². The molecule has 1 rings (SSSR count). The molecule has 1 atom stereocenters. The van der Waals surface area contributed by atoms with Crippen molar-refractivity contribution in [1.29, 1.82) is 0 Å². The highest BCUT2D eigenvalue weighted by molar-refractivity contribution is 5.84. The Labute approximate surface area is 145 Å². The molecule has 0 aliphatic heterocycles. The lowest BCUT2D eigenvalue weighted by Crippen LogP contribution is -2.88. The summed E-state index contributed by atoms with van der Waals surface area (Å²) in [5.41, 5.74) is 2.55. The predicted octanol–water partition coefficient (Wildman–Crippen LogP) is 1.27. The van der Waals surface area contributed by atoms with Crippen LogP contribution in [0.25, 0.3) is 0 Å². The molecule has 0 unspecified atom stereocenters. The summed E-state index contributed by atoms with van der Waals surface area (Å²) in [5.74, 6) is 0.728. The Hall–Kier alpha value is -1.88. The Bertz CT molecular complexity index is 538. The second-order valence-corrected chi connectivity index (χ2v) is 6.95. The van der Waals surface area contributed by atoms with E-state index in [4.69, 9.17) is 0 Å². The molecule has 3 N–H and O–H groups in total. The molecule has 134 valence electrons. The summed E-state index contributed by atoms with van der Waals surface area (Å²) >= 11 is 0. The topological polar surface area (TPSA) is 66.0 Å². The van der Waals surface area contributed by atoms with E-state index in [9.17, 15) is 9.59 Å². The van der Waals surface area contributed by atoms with Crippen LogP contribution in [0.1, 0.15) is 50.8 Å². The Morgan fingerprint density at radius 3 is 2.08 bits per heavy atom. The molecule has 5 nitrogen and oxygen atoms in total. The van der Waals surface area contributed by atoms with Gasteiger partial charge in [0, 0.05) is 25.6 Å². The van der Waals surface area contributed by atoms with Gasteiger partial charge >= 0.3 is 0 Å². The van der Waals surface area contributed by atoms with E-state index in [2.05, 4.69) is 62.6 Å². The van der Waals surface area contributed by atoms with Crippen molar-refractivity contribution in [2.45, 2.75) is 39.7 Å². The monoisotopic (exact) mass is 334 g/mol. The number of carbonyl (C=O) groups excluding carboxylic acids is 2. The first-order valence-corrected chi connectivity index (χ1v) is 8.64. The second-order valence-electron chi connectivity index (χ2n) is 6.95. The maximum Gasteiger partial charge on any atom is 0.277 e. The summed E-state index contributed by atoms with van der Waals surface area (Å²) in [6.45, 7) is 9.12. The highest BCUT2D eigenvalue weighted by Gasteiger charge is 2.22. The van der Waals surface area contributed by atoms with Crippen LogP contribution in [0.5, 0.6) is 0 Å². The van der Waals surface area contributed by atoms with Crippen molar-refractivity contribution < 1.29 is 14.9 Å². The fourth-order valence-corrected chi connectivity index (χ4v) is 2.66. The summed E-state index contributed by atoms with van der Waals surface area (Å²) in [5, 5.41) is 4.60. The molecule has 2 amide bonds. The lowest BCUT2D eigenvalue weighted by atomic mass is 9.93. The van der Waals surface area contributed by atoms with Crippen molar-refractivity contribution in [3.8, 4) is 0 Å². The molecule has 24 heavy (non-hydrogen) atoms. The number of carbonyl (C=O) groups is 2. The number of nitrogens with one attached hydrogen (secondary N) is 1. The number of hydrogen-bond donors (Lipinski definition) is 2. The van der Waals surface area contributed by atoms with E-state index in [0.29, 0.717) is 18.4 Å². The van der Waals surface area contributed by atoms with Gasteiger partial charge in [0.2, 0.25) is 5.91 Å². The van der Waals surface area contributed by atoms with Gasteiger partial charge in [0.25, 0.3) is 5.91 Å². The maximum atomic E-state index is 12.2. The van der Waals surface area contributed by atoms with Crippen molar-refractivity contribution >= 4 is 11.8 Å². The van der Waals surface area contributed by atoms with Crippen LogP contribution in [0.15, 0.2) is 24.3 Å². The van der Waals surface area contributed by atoms with Crippen LogP contribution in [0.2, 0.25) is 0 Å². The average Bonchev–Trinajstić information content (AvgIpc) is 2.54. The van der Waals surface area contributed by atoms with Crippen molar-refractivity contribution in [2.75, 3.05) is 27.2 Å². The zero-order valence-electron chi connectivity index (χ0n) is 15.8. The van der Waals surface area contributed by atoms with Crippen LogP contribution in [0.3, 0.4) is 0 Å². The molecule has 5 heteroatoms. The van der Waals surface area contributed by atoms with Gasteiger partial charge in [0.15, 0.2) is 6.54 Å². The van der Waals surface area contributed by atoms with E-state index in [-0.39, 0.29) is 24.4 Å². The summed E-state index contributed by atoms with van der Waals surface area (Å²) in [6, 6.07) is 8.89. The van der Waals surface area contributed by atoms with Crippen molar-refractivity contribution in [2.24, 2.45) is 5.92 Å². The van der Waals surface area contributed by atoms with Gasteiger partial charge in [-0.25, -0.2) is 0 Å². The normalized spacial score (nSPS) is 12.3. The van der Waals surface area contributed by atoms with E-state index in [1.54, 1.807) is 14.1 Å². The number of rotatable bonds is 8. The molecular weight excluding hydrogens is 302 g/mol. The predicted molar refractivity (Wildman–Crippen MR) is 96.6 cm³/mol. The first kappa shape index (κ1) is 20.2. The molecule has 1 aromatic rings. The molecule has 0 radical (unpaired) electrons. The third-order valence-electron chi connectivity index (χ3n) is 4.34. The minimum atomic E-state index is -0.157. The third kappa shape index (κ3) is 5.96. The standard InChI is InChI=1S/C19H31N3O2/c1-13(2)15-7-9-16(10-8-15)19(14(3)4)21-11-18(24)22(6)12-17(23)20-5/h7-10,13-14,19,21H,11-12H2,1-6H3,(H,20,23)/p+1/t19-/m0/s1. The van der Waals surface area contributed by atoms with Crippen LogP contribution in [-0.4, -0.2) is 43.9 Å². The van der Waals surface area contributed by atoms with Crippen LogP contribution in [-0.2, 0) is 9.59 Å². The Morgan fingerprint density at radius 2 is 1.62 bits per heavy atom. The molecule has 0 aromatic heterocycles. The highest BCUT2D eigenvalue weighted by Crippen LogP contribution is 2.21. The number of amides is 2. The fourth-order valence-electron chi connectivity index (χ4n) is 2.66. The quantitative estimate of drug-likeness (QED) is 0.752. The molecule has 0 aliphatic rings. The van der Waals surface area contributed by atoms with Crippen LogP contribution < -0.4 is 10.6 Å². The first-order chi connectivity index (χ1) is 11.3. The van der Waals surface area contributed by atoms with E-state index >= 15 is 0 Å². The molecule has 0 spiro atoms. The van der Waals surface area contributed by atoms with Gasteiger partial charge in [-0.15, -0.1) is 0 Å². The van der Waals surface area contributed by atoms with Gasteiger partial charge in [0.05, 0.1) is 6.54 Å². The van der Waals surface area contributed by atoms with Crippen LogP contribution in [0.4, 0.5) is 0 Å². The van der Waals surface area contributed by atoms with E-state index in [0.717, 1.165) is 0 Å². The van der Waals surface area contributed by atoms with Crippen LogP contribution >= 0.6 is 0 Å². The average molecular weight is 334 g/mol. The third-order valence-corrected chi connectivity index (χ3v) is 4.34. The lowest BCUT2D eigenvalue weighted by molar-refractivity contribution is -0.692. The number of nitrogens with zero attached hydrogens (tertiary/aromatic N) is 1. The molecule has 0 aliphatic carbocycles. The van der Waals surface area contributed by atoms with Gasteiger partial charge < -0.3 is 15.5 Å². The molecule has 0 bridgehead atoms. The van der Waals surface area contributed by atoms with Crippen LogP contribution in [0, 0.1) is 5.92 Å². The maximum absolute atomic E-state index is 12.2. The fraction of sp³-hybridized carbons (Fsp3) is 0.579.